The minimum absolute atomic E-state index is 0.177. The van der Waals surface area contributed by atoms with E-state index in [0.717, 1.165) is 10.8 Å². The van der Waals surface area contributed by atoms with Gasteiger partial charge in [0.2, 0.25) is 11.8 Å². The van der Waals surface area contributed by atoms with Crippen LogP contribution in [0, 0.1) is 17.1 Å². The van der Waals surface area contributed by atoms with E-state index >= 15 is 0 Å². The van der Waals surface area contributed by atoms with Gasteiger partial charge in [0.05, 0.1) is 12.0 Å². The smallest absolute Gasteiger partial charge is 0.225 e. The molecule has 2 heterocycles. The maximum absolute atomic E-state index is 13.8. The maximum Gasteiger partial charge on any atom is 0.225 e. The fourth-order valence-corrected chi connectivity index (χ4v) is 4.97. The summed E-state index contributed by atoms with van der Waals surface area (Å²) in [5, 5.41) is 27.5. The zero-order chi connectivity index (χ0) is 23.0. The molecule has 0 spiro atoms. The summed E-state index contributed by atoms with van der Waals surface area (Å²) in [4.78, 5) is 0. The Morgan fingerprint density at radius 2 is 1.61 bits per heavy atom. The van der Waals surface area contributed by atoms with Crippen molar-refractivity contribution in [2.24, 2.45) is 0 Å². The van der Waals surface area contributed by atoms with Crippen molar-refractivity contribution in [3.05, 3.63) is 125 Å². The van der Waals surface area contributed by atoms with Gasteiger partial charge < -0.3 is 23.1 Å². The van der Waals surface area contributed by atoms with Gasteiger partial charge in [-0.3, -0.25) is 0 Å². The number of halogens is 1. The normalized spacial score (nSPS) is 22.6. The van der Waals surface area contributed by atoms with E-state index in [2.05, 4.69) is 11.4 Å². The average Bonchev–Trinajstić information content (AvgIpc) is 2.84. The molecule has 0 fully saturated rings. The van der Waals surface area contributed by atoms with Gasteiger partial charge in [-0.1, -0.05) is 65.7 Å². The van der Waals surface area contributed by atoms with Gasteiger partial charge in [0, 0.05) is 22.6 Å². The first-order valence-corrected chi connectivity index (χ1v) is 10.9. The van der Waals surface area contributed by atoms with Crippen LogP contribution in [0.15, 0.2) is 108 Å². The second-order valence-corrected chi connectivity index (χ2v) is 8.52. The molecule has 6 heteroatoms. The molecule has 0 aliphatic carbocycles. The molecule has 4 nitrogen and oxygen atoms in total. The molecule has 0 saturated carbocycles. The minimum Gasteiger partial charge on any atom is -0.762 e. The van der Waals surface area contributed by atoms with Gasteiger partial charge in [0.1, 0.15) is 5.82 Å². The molecule has 0 unspecified atom stereocenters. The fraction of sp³-hybridized carbons (Fsp3) is 0.111. The molecule has 162 valence electrons. The van der Waals surface area contributed by atoms with E-state index in [0.29, 0.717) is 16.7 Å². The van der Waals surface area contributed by atoms with Gasteiger partial charge >= 0.3 is 0 Å². The minimum atomic E-state index is -1.62. The highest BCUT2D eigenvalue weighted by Gasteiger charge is 2.54. The van der Waals surface area contributed by atoms with Crippen molar-refractivity contribution >= 4 is 23.4 Å². The number of rotatable bonds is 3. The standard InChI is InChI=1S/C27H20FN3OS/c28-22-12-10-19(11-13-22)24-23(16-29)26(33)30-27(32,21-8-2-1-3-9-21)25(24)31-15-14-18-6-4-5-7-20(18)17-31/h1-15,17,24-25,30,32H/t24-,25+,27+/m0/s1. The Morgan fingerprint density at radius 1 is 0.939 bits per heavy atom. The maximum atomic E-state index is 13.8. The number of nitrogens with one attached hydrogen (secondary N) is 1. The van der Waals surface area contributed by atoms with Crippen LogP contribution < -0.4 is 9.88 Å². The number of allylic oxidation sites excluding steroid dienone is 1. The third kappa shape index (κ3) is 3.62. The van der Waals surface area contributed by atoms with Crippen molar-refractivity contribution in [3.8, 4) is 6.07 Å². The van der Waals surface area contributed by atoms with Crippen LogP contribution in [0.1, 0.15) is 23.1 Å². The number of benzene rings is 3. The molecule has 0 saturated heterocycles. The molecule has 1 aliphatic rings. The van der Waals surface area contributed by atoms with Crippen LogP contribution in [0.5, 0.6) is 0 Å². The summed E-state index contributed by atoms with van der Waals surface area (Å²) in [5.74, 6) is -0.984. The van der Waals surface area contributed by atoms with Crippen LogP contribution in [-0.2, 0) is 18.4 Å². The van der Waals surface area contributed by atoms with Gasteiger partial charge in [-0.05, 0) is 29.1 Å². The van der Waals surface area contributed by atoms with E-state index in [4.69, 9.17) is 12.6 Å². The Labute approximate surface area is 196 Å². The molecule has 4 aromatic rings. The highest BCUT2D eigenvalue weighted by molar-refractivity contribution is 7.63. The second kappa shape index (κ2) is 8.28. The third-order valence-electron chi connectivity index (χ3n) is 6.20. The molecule has 0 amide bonds. The molecule has 1 aromatic heterocycles. The Morgan fingerprint density at radius 3 is 2.30 bits per heavy atom. The van der Waals surface area contributed by atoms with Gasteiger partial charge in [0.15, 0.2) is 12.4 Å². The number of nitriles is 1. The largest absolute Gasteiger partial charge is 0.762 e. The quantitative estimate of drug-likeness (QED) is 0.358. The Balaban J connectivity index is 1.80. The van der Waals surface area contributed by atoms with E-state index in [9.17, 15) is 14.8 Å². The van der Waals surface area contributed by atoms with Crippen LogP contribution in [0.2, 0.25) is 0 Å². The second-order valence-electron chi connectivity index (χ2n) is 8.11. The average molecular weight is 454 g/mol. The number of hydrogen-bond acceptors (Lipinski definition) is 4. The fourth-order valence-electron chi connectivity index (χ4n) is 4.64. The van der Waals surface area contributed by atoms with Gasteiger partial charge in [-0.2, -0.15) is 9.83 Å². The molecule has 33 heavy (non-hydrogen) atoms. The highest BCUT2D eigenvalue weighted by Crippen LogP contribution is 2.46. The summed E-state index contributed by atoms with van der Waals surface area (Å²) in [5.41, 5.74) is 0.00650. The number of aromatic nitrogens is 1. The van der Waals surface area contributed by atoms with E-state index in [1.165, 1.54) is 12.1 Å². The van der Waals surface area contributed by atoms with Crippen LogP contribution in [-0.4, -0.2) is 5.11 Å². The lowest BCUT2D eigenvalue weighted by Gasteiger charge is -2.45. The summed E-state index contributed by atoms with van der Waals surface area (Å²) in [6.45, 7) is 0. The first-order chi connectivity index (χ1) is 16.0. The van der Waals surface area contributed by atoms with Crippen LogP contribution in [0.4, 0.5) is 4.39 Å². The lowest BCUT2D eigenvalue weighted by molar-refractivity contribution is -0.742. The monoisotopic (exact) mass is 453 g/mol. The first-order valence-electron chi connectivity index (χ1n) is 10.5. The predicted octanol–water partition coefficient (Wildman–Crippen LogP) is 4.32. The van der Waals surface area contributed by atoms with Crippen molar-refractivity contribution < 1.29 is 14.1 Å². The lowest BCUT2D eigenvalue weighted by atomic mass is 9.75. The number of nitrogens with zero attached hydrogens (tertiary/aromatic N) is 2. The third-order valence-corrected chi connectivity index (χ3v) is 6.52. The Bertz CT molecular complexity index is 1400. The molecular formula is C27H20FN3OS. The SMILES string of the molecule is N#CC1=C([S-])N[C@@](O)(c2ccccc2)[C@H]([n+]2ccc3ccccc3c2)[C@H]1c1ccc(F)cc1. The zero-order valence-corrected chi connectivity index (χ0v) is 18.3. The molecule has 0 radical (unpaired) electrons. The van der Waals surface area contributed by atoms with E-state index in [-0.39, 0.29) is 10.8 Å². The van der Waals surface area contributed by atoms with Gasteiger partial charge in [0.25, 0.3) is 0 Å². The van der Waals surface area contributed by atoms with E-state index in [1.54, 1.807) is 12.1 Å². The predicted molar refractivity (Wildman–Crippen MR) is 126 cm³/mol. The molecule has 3 aromatic carbocycles. The van der Waals surface area contributed by atoms with E-state index in [1.807, 2.05) is 77.6 Å². The topological polar surface area (TPSA) is 59.9 Å². The molecule has 0 bridgehead atoms. The van der Waals surface area contributed by atoms with E-state index < -0.39 is 17.7 Å². The van der Waals surface area contributed by atoms with Crippen molar-refractivity contribution in [2.45, 2.75) is 17.7 Å². The van der Waals surface area contributed by atoms with Crippen molar-refractivity contribution in [3.63, 3.8) is 0 Å². The molecule has 5 rings (SSSR count). The van der Waals surface area contributed by atoms with Gasteiger partial charge in [-0.15, -0.1) is 0 Å². The molecule has 3 atom stereocenters. The summed E-state index contributed by atoms with van der Waals surface area (Å²) >= 11 is 5.54. The Kier molecular flexibility index (Phi) is 5.29. The lowest BCUT2D eigenvalue weighted by Crippen LogP contribution is -2.62. The number of aliphatic hydroxyl groups is 1. The summed E-state index contributed by atoms with van der Waals surface area (Å²) < 4.78 is 15.7. The number of pyridine rings is 1. The number of hydrogen-bond donors (Lipinski definition) is 2. The summed E-state index contributed by atoms with van der Waals surface area (Å²) in [7, 11) is 0. The van der Waals surface area contributed by atoms with Crippen molar-refractivity contribution in [2.75, 3.05) is 0 Å². The van der Waals surface area contributed by atoms with Crippen molar-refractivity contribution in [1.29, 1.82) is 5.26 Å². The van der Waals surface area contributed by atoms with Crippen LogP contribution in [0.25, 0.3) is 10.8 Å². The Hall–Kier alpha value is -3.79. The van der Waals surface area contributed by atoms with Crippen LogP contribution in [0.3, 0.4) is 0 Å². The summed E-state index contributed by atoms with van der Waals surface area (Å²) in [6, 6.07) is 26.7. The summed E-state index contributed by atoms with van der Waals surface area (Å²) in [6.07, 6.45) is 3.85. The van der Waals surface area contributed by atoms with Crippen molar-refractivity contribution in [1.82, 2.24) is 5.32 Å². The van der Waals surface area contributed by atoms with Crippen LogP contribution >= 0.6 is 0 Å². The zero-order valence-electron chi connectivity index (χ0n) is 17.5. The number of fused-ring (bicyclic) bond motifs is 1. The molecule has 1 aliphatic heterocycles. The molecular weight excluding hydrogens is 433 g/mol. The molecule has 2 N–H and O–H groups in total. The first kappa shape index (κ1) is 21.1. The van der Waals surface area contributed by atoms with Gasteiger partial charge in [-0.25, -0.2) is 4.39 Å². The highest BCUT2D eigenvalue weighted by atomic mass is 32.1.